The largest absolute Gasteiger partial charge is 0.508 e. The van der Waals surface area contributed by atoms with Gasteiger partial charge < -0.3 is 35.2 Å². The van der Waals surface area contributed by atoms with Gasteiger partial charge in [0, 0.05) is 54.1 Å². The minimum absolute atomic E-state index is 0.0142. The van der Waals surface area contributed by atoms with Crippen molar-refractivity contribution >= 4 is 23.4 Å². The third-order valence-corrected chi connectivity index (χ3v) is 13.5. The molecule has 4 aliphatic rings. The second-order valence-electron chi connectivity index (χ2n) is 18.1. The minimum Gasteiger partial charge on any atom is -0.508 e. The van der Waals surface area contributed by atoms with Crippen LogP contribution in [0.4, 0.5) is 5.69 Å². The van der Waals surface area contributed by atoms with Crippen molar-refractivity contribution in [3.63, 3.8) is 0 Å². The van der Waals surface area contributed by atoms with Crippen LogP contribution in [-0.2, 0) is 51.4 Å². The van der Waals surface area contributed by atoms with E-state index in [1.54, 1.807) is 13.0 Å². The topological polar surface area (TPSA) is 163 Å². The first kappa shape index (κ1) is 45.1. The number of unbranched alkanes of at least 4 members (excludes halogenated alkanes) is 2. The number of fused-ring (bicyclic) bond motifs is 8. The number of aliphatic hydroxyl groups is 3. The molecule has 3 aromatic rings. The number of nitrogens with one attached hydrogen (secondary N) is 1. The maximum atomic E-state index is 15.0. The number of phenols is 1. The molecule has 10 nitrogen and oxygen atoms in total. The molecule has 7 atom stereocenters. The van der Waals surface area contributed by atoms with Crippen LogP contribution in [0.3, 0.4) is 0 Å². The summed E-state index contributed by atoms with van der Waals surface area (Å²) < 4.78 is 12.3. The van der Waals surface area contributed by atoms with E-state index in [0.29, 0.717) is 68.1 Å². The number of carbonyl (C=O) groups is 3. The molecule has 8 bridgehead atoms. The van der Waals surface area contributed by atoms with Gasteiger partial charge in [0.15, 0.2) is 0 Å². The summed E-state index contributed by atoms with van der Waals surface area (Å²) in [5.74, 6) is 4.16. The molecule has 0 unspecified atom stereocenters. The fourth-order valence-corrected chi connectivity index (χ4v) is 10.1. The van der Waals surface area contributed by atoms with Crippen LogP contribution < -0.4 is 10.1 Å². The van der Waals surface area contributed by atoms with E-state index >= 15 is 4.79 Å². The van der Waals surface area contributed by atoms with Gasteiger partial charge in [-0.15, -0.1) is 0 Å². The predicted octanol–water partition coefficient (Wildman–Crippen LogP) is 8.08. The van der Waals surface area contributed by atoms with Gasteiger partial charge in [0.25, 0.3) is 0 Å². The molecule has 0 saturated heterocycles. The maximum Gasteiger partial charge on any atom is 0.334 e. The molecule has 0 spiro atoms. The molecule has 5 N–H and O–H groups in total. The number of carbonyl (C=O) groups excluding carboxylic acids is 3. The molecule has 1 fully saturated rings. The van der Waals surface area contributed by atoms with E-state index in [0.717, 1.165) is 59.2 Å². The molecule has 0 aromatic heterocycles. The first-order valence-electron chi connectivity index (χ1n) is 22.9. The summed E-state index contributed by atoms with van der Waals surface area (Å²) in [6.45, 7) is 5.91. The van der Waals surface area contributed by atoms with Crippen molar-refractivity contribution in [1.29, 1.82) is 0 Å². The number of aromatic hydroxyl groups is 1. The lowest BCUT2D eigenvalue weighted by Gasteiger charge is -2.45. The zero-order valence-corrected chi connectivity index (χ0v) is 36.5. The number of hydrogen-bond donors (Lipinski definition) is 5. The standard InChI is InChI=1S/C52H63NO9/c1-4-6-7-14-43-41(31-54)23-38(26-45(43)53-30-32(3)55)35-15-16-36-28-50(58)61-48-29-47(57)40(25-44(36)48)27-49-52(60,19-5-2)42-17-18-46(56)39(24-42)21-34-12-8-10-33(20-34)11-9-13-37(22-35)51(59)62-49/h8,10,12-13,20,23,25-26,29,32,35-36,39,42,49,53-55,57,60H,4-7,9,11,14,17-19,21-22,24,27-28,30-31H2,1-3H3/b37-13-/t32-,35-,36+,39+,42-,49+,52-/m0/s1. The fraction of sp³-hybridized carbons (Fsp3) is 0.519. The quantitative estimate of drug-likeness (QED) is 0.0552. The van der Waals surface area contributed by atoms with E-state index in [1.807, 2.05) is 31.2 Å². The molecular weight excluding hydrogens is 783 g/mol. The summed E-state index contributed by atoms with van der Waals surface area (Å²) in [6, 6.07) is 15.4. The van der Waals surface area contributed by atoms with Gasteiger partial charge in [-0.2, -0.15) is 0 Å². The normalized spacial score (nSPS) is 26.4. The van der Waals surface area contributed by atoms with Crippen LogP contribution in [0.15, 0.2) is 60.2 Å². The van der Waals surface area contributed by atoms with Crippen molar-refractivity contribution in [3.05, 3.63) is 99.1 Å². The van der Waals surface area contributed by atoms with Gasteiger partial charge >= 0.3 is 11.9 Å². The van der Waals surface area contributed by atoms with E-state index in [9.17, 15) is 30.0 Å². The molecule has 1 saturated carbocycles. The third-order valence-electron chi connectivity index (χ3n) is 13.5. The average molecular weight is 846 g/mol. The monoisotopic (exact) mass is 845 g/mol. The molecule has 10 heteroatoms. The van der Waals surface area contributed by atoms with Crippen LogP contribution in [0.25, 0.3) is 0 Å². The Morgan fingerprint density at radius 1 is 0.935 bits per heavy atom. The summed E-state index contributed by atoms with van der Waals surface area (Å²) in [7, 11) is 0. The maximum absolute atomic E-state index is 15.0. The van der Waals surface area contributed by atoms with E-state index in [-0.39, 0.29) is 61.5 Å². The van der Waals surface area contributed by atoms with Gasteiger partial charge in [-0.25, -0.2) is 4.79 Å². The highest BCUT2D eigenvalue weighted by molar-refractivity contribution is 5.89. The van der Waals surface area contributed by atoms with Gasteiger partial charge in [0.1, 0.15) is 29.0 Å². The van der Waals surface area contributed by atoms with Gasteiger partial charge in [-0.05, 0) is 116 Å². The molecule has 3 heterocycles. The molecular formula is C52H63NO9. The van der Waals surface area contributed by atoms with Crippen molar-refractivity contribution in [2.75, 3.05) is 11.9 Å². The second-order valence-corrected chi connectivity index (χ2v) is 18.1. The fourth-order valence-electron chi connectivity index (χ4n) is 10.1. The smallest absolute Gasteiger partial charge is 0.334 e. The number of rotatable bonds is 11. The van der Waals surface area contributed by atoms with Crippen LogP contribution in [0.5, 0.6) is 11.5 Å². The van der Waals surface area contributed by atoms with Crippen LogP contribution in [0.1, 0.15) is 142 Å². The SMILES string of the molecule is CCCCCc1c(CO)cc([C@H]2C#C[C@@H]3CC(=O)Oc4cc(O)c(cc43)C[C@H]3OC(=O)/C(=C\CCc4cccc(c4)C[C@@H]4C[C@H](CCC4=O)[C@@]3(O)CCC)C2)cc1NC[C@H](C)O. The Morgan fingerprint density at radius 2 is 1.74 bits per heavy atom. The average Bonchev–Trinajstić information content (AvgIpc) is 3.25. The summed E-state index contributed by atoms with van der Waals surface area (Å²) in [6.07, 6.45) is 7.77. The number of Topliss-reactive ketones (excluding diaryl/α,β-unsaturated/α-hetero) is 1. The molecule has 3 aromatic carbocycles. The molecule has 3 aliphatic heterocycles. The first-order valence-corrected chi connectivity index (χ1v) is 22.9. The highest BCUT2D eigenvalue weighted by Crippen LogP contribution is 2.45. The third kappa shape index (κ3) is 10.3. The Bertz CT molecular complexity index is 2230. The van der Waals surface area contributed by atoms with Crippen LogP contribution in [0.2, 0.25) is 0 Å². The number of benzene rings is 3. The van der Waals surface area contributed by atoms with E-state index < -0.39 is 41.6 Å². The Kier molecular flexibility index (Phi) is 14.6. The lowest BCUT2D eigenvalue weighted by atomic mass is 9.66. The zero-order valence-electron chi connectivity index (χ0n) is 36.5. The highest BCUT2D eigenvalue weighted by atomic mass is 16.6. The van der Waals surface area contributed by atoms with E-state index in [2.05, 4.69) is 42.3 Å². The summed E-state index contributed by atoms with van der Waals surface area (Å²) in [4.78, 5) is 41.6. The van der Waals surface area contributed by atoms with Crippen molar-refractivity contribution in [2.24, 2.45) is 11.8 Å². The number of phenolic OH excluding ortho intramolecular Hbond substituents is 1. The Hall–Kier alpha value is -4.95. The van der Waals surface area contributed by atoms with Gasteiger partial charge in [-0.3, -0.25) is 9.59 Å². The van der Waals surface area contributed by atoms with Crippen LogP contribution in [-0.4, -0.2) is 62.5 Å². The van der Waals surface area contributed by atoms with E-state index in [1.165, 1.54) is 6.07 Å². The Labute approximate surface area is 366 Å². The van der Waals surface area contributed by atoms with Crippen LogP contribution >= 0.6 is 0 Å². The number of hydrogen-bond acceptors (Lipinski definition) is 10. The predicted molar refractivity (Wildman–Crippen MR) is 238 cm³/mol. The molecule has 1 aliphatic carbocycles. The first-order chi connectivity index (χ1) is 29.9. The lowest BCUT2D eigenvalue weighted by Crippen LogP contribution is -2.54. The summed E-state index contributed by atoms with van der Waals surface area (Å²) >= 11 is 0. The van der Waals surface area contributed by atoms with Gasteiger partial charge in [0.2, 0.25) is 0 Å². The number of aryl methyl sites for hydroxylation is 1. The van der Waals surface area contributed by atoms with Crippen molar-refractivity contribution in [1.82, 2.24) is 0 Å². The number of ketones is 1. The number of allylic oxidation sites excluding steroid dienone is 1. The van der Waals surface area contributed by atoms with Gasteiger partial charge in [-0.1, -0.05) is 81.4 Å². The summed E-state index contributed by atoms with van der Waals surface area (Å²) in [5.41, 5.74) is 5.27. The van der Waals surface area contributed by atoms with Crippen molar-refractivity contribution in [2.45, 2.75) is 153 Å². The number of ether oxygens (including phenoxy) is 2. The Morgan fingerprint density at radius 3 is 2.52 bits per heavy atom. The Balaban J connectivity index is 1.42. The summed E-state index contributed by atoms with van der Waals surface area (Å²) in [5, 5.41) is 49.2. The number of esters is 2. The van der Waals surface area contributed by atoms with Crippen molar-refractivity contribution < 1.29 is 44.3 Å². The highest BCUT2D eigenvalue weighted by Gasteiger charge is 2.49. The minimum atomic E-state index is -1.55. The van der Waals surface area contributed by atoms with Gasteiger partial charge in [0.05, 0.1) is 25.0 Å². The molecule has 330 valence electrons. The lowest BCUT2D eigenvalue weighted by molar-refractivity contribution is -0.176. The second kappa shape index (κ2) is 20.0. The molecule has 0 amide bonds. The van der Waals surface area contributed by atoms with Crippen molar-refractivity contribution in [3.8, 4) is 23.3 Å². The molecule has 0 radical (unpaired) electrons. The van der Waals surface area contributed by atoms with E-state index in [4.69, 9.17) is 9.47 Å². The van der Waals surface area contributed by atoms with Crippen LogP contribution in [0, 0.1) is 23.7 Å². The number of aliphatic hydroxyl groups excluding tert-OH is 2. The molecule has 62 heavy (non-hydrogen) atoms. The molecule has 7 rings (SSSR count). The number of anilines is 1. The zero-order chi connectivity index (χ0) is 44.0.